The normalized spacial score (nSPS) is 25.0. The lowest BCUT2D eigenvalue weighted by molar-refractivity contribution is -0.153. The minimum Gasteiger partial charge on any atom is -0.481 e. The molecule has 0 radical (unpaired) electrons. The van der Waals surface area contributed by atoms with Crippen LogP contribution in [0.2, 0.25) is 0 Å². The number of alkyl halides is 3. The number of aryl methyl sites for hydroxylation is 1. The Balaban J connectivity index is 1.30. The first-order valence-corrected chi connectivity index (χ1v) is 20.1. The number of H-pyrrole nitrogens is 1. The number of piperidine rings is 1. The minimum absolute atomic E-state index is 0.0147. The van der Waals surface area contributed by atoms with Crippen LogP contribution in [0.25, 0.3) is 32.9 Å². The summed E-state index contributed by atoms with van der Waals surface area (Å²) in [5, 5.41) is 18.9. The summed E-state index contributed by atoms with van der Waals surface area (Å²) < 4.78 is 79.8. The van der Waals surface area contributed by atoms with Crippen LogP contribution in [0.4, 0.5) is 19.0 Å². The zero-order valence-corrected chi connectivity index (χ0v) is 30.9. The van der Waals surface area contributed by atoms with Gasteiger partial charge >= 0.3 is 12.2 Å². The molecule has 1 spiro atoms. The Morgan fingerprint density at radius 2 is 1.79 bits per heavy atom. The van der Waals surface area contributed by atoms with Crippen LogP contribution in [0.5, 0.6) is 11.8 Å². The molecule has 0 bridgehead atoms. The predicted molar refractivity (Wildman–Crippen MR) is 196 cm³/mol. The third-order valence-electron chi connectivity index (χ3n) is 11.6. The Hall–Kier alpha value is -3.95. The highest BCUT2D eigenvalue weighted by Crippen LogP contribution is 2.53. The average molecular weight is 755 g/mol. The van der Waals surface area contributed by atoms with Crippen LogP contribution in [0.1, 0.15) is 56.6 Å². The van der Waals surface area contributed by atoms with E-state index in [-0.39, 0.29) is 52.0 Å². The summed E-state index contributed by atoms with van der Waals surface area (Å²) in [6.07, 6.45) is 0.794. The van der Waals surface area contributed by atoms with E-state index in [2.05, 4.69) is 21.7 Å². The van der Waals surface area contributed by atoms with Crippen molar-refractivity contribution in [1.82, 2.24) is 25.1 Å². The fourth-order valence-electron chi connectivity index (χ4n) is 8.88. The number of halogens is 3. The molecule has 4 fully saturated rings. The van der Waals surface area contributed by atoms with Gasteiger partial charge < -0.3 is 19.5 Å². The van der Waals surface area contributed by atoms with Gasteiger partial charge in [-0.25, -0.2) is 8.42 Å². The number of rotatable bonds is 9. The highest BCUT2D eigenvalue weighted by atomic mass is 32.2. The molecule has 1 saturated carbocycles. The summed E-state index contributed by atoms with van der Waals surface area (Å²) in [6.45, 7) is 10.5. The molecular formula is C38H45F3N6O5S. The average Bonchev–Trinajstić information content (AvgIpc) is 3.82. The summed E-state index contributed by atoms with van der Waals surface area (Å²) in [4.78, 5) is 14.0. The second kappa shape index (κ2) is 13.1. The molecule has 2 aromatic heterocycles. The van der Waals surface area contributed by atoms with Gasteiger partial charge in [-0.3, -0.25) is 10.00 Å². The van der Waals surface area contributed by atoms with Crippen molar-refractivity contribution in [2.75, 3.05) is 49.2 Å². The van der Waals surface area contributed by atoms with Crippen molar-refractivity contribution in [2.24, 2.45) is 17.3 Å². The molecule has 8 rings (SSSR count). The third kappa shape index (κ3) is 6.84. The van der Waals surface area contributed by atoms with Crippen LogP contribution in [0.3, 0.4) is 0 Å². The Morgan fingerprint density at radius 3 is 2.43 bits per heavy atom. The fourth-order valence-corrected chi connectivity index (χ4v) is 11.0. The van der Waals surface area contributed by atoms with Crippen molar-refractivity contribution >= 4 is 37.5 Å². The van der Waals surface area contributed by atoms with Crippen LogP contribution < -0.4 is 14.4 Å². The minimum atomic E-state index is -4.62. The standard InChI is InChI=1S/C38H45F3N6O5S/c1-5-29(48)47-18-37(19-47)10-12-46(13-11-37)35-26-14-25(24-7-8-24)31(30-21(2)6-9-28-27(30)15-42-45-28)34(51-20-38(39,40)41)32(26)43-36(44-35)52-33-22(3)16-53(49,50)17-23(33)4/h5-6,9,14-15,22-24,29,33,48H,1,7-8,10-13,16-20H2,2-4H3,(H,42,45). The maximum atomic E-state index is 14.1. The molecule has 53 heavy (non-hydrogen) atoms. The molecular weight excluding hydrogens is 710 g/mol. The van der Waals surface area contributed by atoms with Crippen molar-refractivity contribution in [3.05, 3.63) is 48.2 Å². The van der Waals surface area contributed by atoms with E-state index >= 15 is 0 Å². The van der Waals surface area contributed by atoms with Gasteiger partial charge in [0.1, 0.15) is 23.7 Å². The van der Waals surface area contributed by atoms with Crippen molar-refractivity contribution in [1.29, 1.82) is 0 Å². The third-order valence-corrected chi connectivity index (χ3v) is 13.7. The summed E-state index contributed by atoms with van der Waals surface area (Å²) in [6, 6.07) is 5.83. The number of aliphatic hydroxyl groups is 1. The predicted octanol–water partition coefficient (Wildman–Crippen LogP) is 6.15. The molecule has 0 amide bonds. The highest BCUT2D eigenvalue weighted by Gasteiger charge is 2.47. The van der Waals surface area contributed by atoms with E-state index < -0.39 is 35.0 Å². The molecule has 3 unspecified atom stereocenters. The highest BCUT2D eigenvalue weighted by molar-refractivity contribution is 7.91. The first-order chi connectivity index (χ1) is 25.1. The molecule has 3 aliphatic heterocycles. The number of aromatic amines is 1. The quantitative estimate of drug-likeness (QED) is 0.192. The summed E-state index contributed by atoms with van der Waals surface area (Å²) in [5.74, 6) is -0.127. The number of sulfone groups is 1. The Bertz CT molecular complexity index is 2150. The fraction of sp³-hybridized carbons (Fsp3) is 0.553. The van der Waals surface area contributed by atoms with E-state index in [0.717, 1.165) is 66.4 Å². The van der Waals surface area contributed by atoms with Crippen molar-refractivity contribution in [2.45, 2.75) is 70.9 Å². The zero-order valence-electron chi connectivity index (χ0n) is 30.1. The molecule has 2 N–H and O–H groups in total. The van der Waals surface area contributed by atoms with E-state index in [1.54, 1.807) is 6.20 Å². The molecule has 5 heterocycles. The van der Waals surface area contributed by atoms with E-state index in [1.807, 2.05) is 43.9 Å². The second-order valence-corrected chi connectivity index (χ2v) is 18.0. The number of aromatic nitrogens is 4. The number of benzene rings is 2. The van der Waals surface area contributed by atoms with Gasteiger partial charge in [0.05, 0.1) is 23.2 Å². The molecule has 3 saturated heterocycles. The van der Waals surface area contributed by atoms with Crippen LogP contribution >= 0.6 is 0 Å². The number of likely N-dealkylation sites (tertiary alicyclic amines) is 1. The van der Waals surface area contributed by atoms with Gasteiger partial charge in [0.15, 0.2) is 22.2 Å². The van der Waals surface area contributed by atoms with Gasteiger partial charge in [0.25, 0.3) is 0 Å². The zero-order chi connectivity index (χ0) is 37.4. The maximum Gasteiger partial charge on any atom is 0.422 e. The van der Waals surface area contributed by atoms with Gasteiger partial charge in [0, 0.05) is 54.4 Å². The lowest BCUT2D eigenvalue weighted by Gasteiger charge is -2.55. The van der Waals surface area contributed by atoms with Crippen molar-refractivity contribution in [3.8, 4) is 22.9 Å². The molecule has 4 aliphatic rings. The van der Waals surface area contributed by atoms with Crippen LogP contribution in [-0.2, 0) is 9.84 Å². The Labute approximate surface area is 306 Å². The van der Waals surface area contributed by atoms with Crippen molar-refractivity contribution < 1.29 is 36.2 Å². The number of hydrogen-bond donors (Lipinski definition) is 2. The monoisotopic (exact) mass is 754 g/mol. The Morgan fingerprint density at radius 1 is 1.09 bits per heavy atom. The Kier molecular flexibility index (Phi) is 8.92. The molecule has 3 atom stereocenters. The molecule has 4 aromatic rings. The largest absolute Gasteiger partial charge is 0.481 e. The maximum absolute atomic E-state index is 14.1. The molecule has 11 nitrogen and oxygen atoms in total. The molecule has 1 aliphatic carbocycles. The van der Waals surface area contributed by atoms with E-state index in [1.165, 1.54) is 6.08 Å². The van der Waals surface area contributed by atoms with Gasteiger partial charge in [-0.2, -0.15) is 28.2 Å². The summed E-state index contributed by atoms with van der Waals surface area (Å²) in [7, 11) is -3.26. The number of aliphatic hydroxyl groups excluding tert-OH is 1. The smallest absolute Gasteiger partial charge is 0.422 e. The van der Waals surface area contributed by atoms with Gasteiger partial charge in [-0.1, -0.05) is 26.5 Å². The van der Waals surface area contributed by atoms with Crippen LogP contribution in [0, 0.1) is 24.2 Å². The molecule has 2 aromatic carbocycles. The number of hydrogen-bond acceptors (Lipinski definition) is 10. The van der Waals surface area contributed by atoms with Gasteiger partial charge in [0.2, 0.25) is 0 Å². The number of ether oxygens (including phenoxy) is 2. The number of anilines is 1. The van der Waals surface area contributed by atoms with Crippen LogP contribution in [0.15, 0.2) is 37.1 Å². The molecule has 15 heteroatoms. The summed E-state index contributed by atoms with van der Waals surface area (Å²) >= 11 is 0. The topological polar surface area (TPSA) is 134 Å². The molecule has 284 valence electrons. The second-order valence-electron chi connectivity index (χ2n) is 15.8. The number of nitrogens with one attached hydrogen (secondary N) is 1. The van der Waals surface area contributed by atoms with Crippen molar-refractivity contribution in [3.63, 3.8) is 0 Å². The van der Waals surface area contributed by atoms with E-state index in [4.69, 9.17) is 19.4 Å². The van der Waals surface area contributed by atoms with E-state index in [0.29, 0.717) is 29.9 Å². The summed E-state index contributed by atoms with van der Waals surface area (Å²) in [5.41, 5.74) is 4.02. The SMILES string of the molecule is C=CC(O)N1CC2(CCN(c3nc(OC4C(C)CS(=O)(=O)CC4C)nc4c(OCC(F)(F)F)c(-c5c(C)ccc6[nH]ncc56)c(C5CC5)cc34)CC2)C1. The van der Waals surface area contributed by atoms with E-state index in [9.17, 15) is 26.7 Å². The van der Waals surface area contributed by atoms with Crippen LogP contribution in [-0.4, -0.2) is 101 Å². The number of fused-ring (bicyclic) bond motifs is 2. The first-order valence-electron chi connectivity index (χ1n) is 18.3. The first kappa shape index (κ1) is 36.0. The number of nitrogens with zero attached hydrogens (tertiary/aromatic N) is 5. The van der Waals surface area contributed by atoms with Gasteiger partial charge in [-0.15, -0.1) is 0 Å². The lowest BCUT2D eigenvalue weighted by atomic mass is 9.72. The van der Waals surface area contributed by atoms with Gasteiger partial charge in [-0.05, 0) is 78.8 Å². The lowest BCUT2D eigenvalue weighted by Crippen LogP contribution is -2.62.